The van der Waals surface area contributed by atoms with Crippen LogP contribution in [0.15, 0.2) is 12.1 Å². The van der Waals surface area contributed by atoms with Crippen LogP contribution in [0.4, 0.5) is 5.82 Å². The average Bonchev–Trinajstić information content (AvgIpc) is 2.51. The number of nitrogens with two attached hydrogens (primary N) is 1. The maximum absolute atomic E-state index is 12.5. The Labute approximate surface area is 119 Å². The third-order valence-corrected chi connectivity index (χ3v) is 3.21. The Kier molecular flexibility index (Phi) is 6.89. The summed E-state index contributed by atoms with van der Waals surface area (Å²) in [5.74, 6) is 5.52. The summed E-state index contributed by atoms with van der Waals surface area (Å²) in [5, 5.41) is 7.73. The minimum Gasteiger partial charge on any atom is -0.383 e. The summed E-state index contributed by atoms with van der Waals surface area (Å²) in [6.07, 6.45) is 1.78. The summed E-state index contributed by atoms with van der Waals surface area (Å²) in [4.78, 5) is 14.3. The molecule has 1 aromatic rings. The number of ether oxygens (including phenoxy) is 1. The van der Waals surface area contributed by atoms with Crippen LogP contribution in [-0.4, -0.2) is 47.3 Å². The lowest BCUT2D eigenvalue weighted by molar-refractivity contribution is 0.0582. The number of hydrogen-bond donors (Lipinski definition) is 2. The highest BCUT2D eigenvalue weighted by Gasteiger charge is 2.23. The molecule has 1 amide bonds. The van der Waals surface area contributed by atoms with Gasteiger partial charge in [0.25, 0.3) is 5.91 Å². The van der Waals surface area contributed by atoms with Crippen molar-refractivity contribution in [1.29, 1.82) is 0 Å². The van der Waals surface area contributed by atoms with Gasteiger partial charge in [-0.3, -0.25) is 4.79 Å². The highest BCUT2D eigenvalue weighted by atomic mass is 16.5. The molecule has 1 aromatic heterocycles. The number of amides is 1. The molecule has 0 atom stereocenters. The lowest BCUT2D eigenvalue weighted by atomic mass is 10.1. The lowest BCUT2D eigenvalue weighted by Crippen LogP contribution is -2.42. The molecule has 0 aliphatic carbocycles. The predicted octanol–water partition coefficient (Wildman–Crippen LogP) is 1.04. The molecule has 112 valence electrons. The van der Waals surface area contributed by atoms with E-state index in [1.807, 2.05) is 0 Å². The number of nitrogens with one attached hydrogen (secondary N) is 1. The Hall–Kier alpha value is -1.73. The van der Waals surface area contributed by atoms with E-state index in [1.54, 1.807) is 24.1 Å². The van der Waals surface area contributed by atoms with Gasteiger partial charge in [-0.05, 0) is 25.0 Å². The number of carbonyl (C=O) groups excluding carboxylic acids is 1. The van der Waals surface area contributed by atoms with Gasteiger partial charge in [0.1, 0.15) is 0 Å². The first-order valence-corrected chi connectivity index (χ1v) is 6.78. The Morgan fingerprint density at radius 2 is 2.10 bits per heavy atom. The van der Waals surface area contributed by atoms with Crippen LogP contribution in [0.5, 0.6) is 0 Å². The van der Waals surface area contributed by atoms with E-state index < -0.39 is 0 Å². The fraction of sp³-hybridized carbons (Fsp3) is 0.615. The van der Waals surface area contributed by atoms with Gasteiger partial charge in [-0.25, -0.2) is 5.84 Å². The van der Waals surface area contributed by atoms with E-state index in [1.165, 1.54) is 0 Å². The number of rotatable bonds is 8. The molecule has 0 aliphatic heterocycles. The van der Waals surface area contributed by atoms with Crippen molar-refractivity contribution in [3.05, 3.63) is 17.8 Å². The van der Waals surface area contributed by atoms with E-state index in [9.17, 15) is 4.79 Å². The summed E-state index contributed by atoms with van der Waals surface area (Å²) in [6.45, 7) is 5.17. The van der Waals surface area contributed by atoms with E-state index in [4.69, 9.17) is 10.6 Å². The van der Waals surface area contributed by atoms with Crippen LogP contribution in [0.25, 0.3) is 0 Å². The Morgan fingerprint density at radius 3 is 2.55 bits per heavy atom. The van der Waals surface area contributed by atoms with Crippen molar-refractivity contribution in [1.82, 2.24) is 15.1 Å². The zero-order valence-corrected chi connectivity index (χ0v) is 12.3. The number of methoxy groups -OCH3 is 1. The molecule has 0 unspecified atom stereocenters. The molecular formula is C13H23N5O2. The monoisotopic (exact) mass is 281 g/mol. The molecule has 3 N–H and O–H groups in total. The molecule has 20 heavy (non-hydrogen) atoms. The molecule has 7 nitrogen and oxygen atoms in total. The number of carbonyl (C=O) groups is 1. The molecule has 0 saturated heterocycles. The van der Waals surface area contributed by atoms with Crippen LogP contribution in [0, 0.1) is 0 Å². The topological polar surface area (TPSA) is 93.4 Å². The van der Waals surface area contributed by atoms with Gasteiger partial charge in [0.2, 0.25) is 0 Å². The van der Waals surface area contributed by atoms with Gasteiger partial charge < -0.3 is 15.1 Å². The van der Waals surface area contributed by atoms with E-state index in [-0.39, 0.29) is 11.9 Å². The van der Waals surface area contributed by atoms with Gasteiger partial charge in [0.05, 0.1) is 6.61 Å². The summed E-state index contributed by atoms with van der Waals surface area (Å²) in [7, 11) is 1.62. The zero-order valence-electron chi connectivity index (χ0n) is 12.3. The average molecular weight is 281 g/mol. The molecule has 0 fully saturated rings. The Balaban J connectivity index is 2.89. The second-order valence-corrected chi connectivity index (χ2v) is 4.41. The normalized spacial score (nSPS) is 10.7. The summed E-state index contributed by atoms with van der Waals surface area (Å²) < 4.78 is 5.08. The number of hydrogen-bond acceptors (Lipinski definition) is 6. The molecule has 0 aromatic carbocycles. The molecule has 0 bridgehead atoms. The molecule has 0 spiro atoms. The van der Waals surface area contributed by atoms with Crippen LogP contribution in [-0.2, 0) is 4.74 Å². The standard InChI is InChI=1S/C13H23N5O2/c1-4-10(5-2)18(8-9-20-3)13(19)11-6-7-12(15-14)17-16-11/h6-7,10H,4-5,8-9,14H2,1-3H3,(H,15,17). The minimum absolute atomic E-state index is 0.133. The van der Waals surface area contributed by atoms with Crippen molar-refractivity contribution in [3.8, 4) is 0 Å². The maximum Gasteiger partial charge on any atom is 0.274 e. The minimum atomic E-state index is -0.133. The highest BCUT2D eigenvalue weighted by molar-refractivity contribution is 5.92. The van der Waals surface area contributed by atoms with Crippen LogP contribution >= 0.6 is 0 Å². The van der Waals surface area contributed by atoms with Crippen molar-refractivity contribution in [2.75, 3.05) is 25.7 Å². The number of anilines is 1. The van der Waals surface area contributed by atoms with Gasteiger partial charge in [0, 0.05) is 19.7 Å². The Morgan fingerprint density at radius 1 is 1.40 bits per heavy atom. The largest absolute Gasteiger partial charge is 0.383 e. The van der Waals surface area contributed by atoms with Gasteiger partial charge >= 0.3 is 0 Å². The highest BCUT2D eigenvalue weighted by Crippen LogP contribution is 2.13. The first-order valence-electron chi connectivity index (χ1n) is 6.78. The summed E-state index contributed by atoms with van der Waals surface area (Å²) in [5.41, 5.74) is 2.70. The second-order valence-electron chi connectivity index (χ2n) is 4.41. The van der Waals surface area contributed by atoms with Crippen LogP contribution in [0.3, 0.4) is 0 Å². The number of aromatic nitrogens is 2. The second kappa shape index (κ2) is 8.44. The van der Waals surface area contributed by atoms with Crippen LogP contribution in [0.1, 0.15) is 37.2 Å². The van der Waals surface area contributed by atoms with E-state index in [2.05, 4.69) is 29.5 Å². The van der Waals surface area contributed by atoms with E-state index in [0.717, 1.165) is 12.8 Å². The Bertz CT molecular complexity index is 406. The van der Waals surface area contributed by atoms with Crippen molar-refractivity contribution in [2.45, 2.75) is 32.7 Å². The van der Waals surface area contributed by atoms with Gasteiger partial charge in [-0.15, -0.1) is 10.2 Å². The first-order chi connectivity index (χ1) is 9.67. The molecule has 0 saturated carbocycles. The van der Waals surface area contributed by atoms with Gasteiger partial charge in [-0.2, -0.15) is 0 Å². The molecule has 0 radical (unpaired) electrons. The summed E-state index contributed by atoms with van der Waals surface area (Å²) in [6, 6.07) is 3.42. The van der Waals surface area contributed by atoms with Gasteiger partial charge in [-0.1, -0.05) is 13.8 Å². The van der Waals surface area contributed by atoms with Crippen molar-refractivity contribution < 1.29 is 9.53 Å². The number of nitrogen functional groups attached to an aromatic ring is 1. The zero-order chi connectivity index (χ0) is 15.0. The van der Waals surface area contributed by atoms with E-state index in [0.29, 0.717) is 24.7 Å². The van der Waals surface area contributed by atoms with E-state index >= 15 is 0 Å². The number of nitrogens with zero attached hydrogens (tertiary/aromatic N) is 3. The fourth-order valence-corrected chi connectivity index (χ4v) is 2.04. The van der Waals surface area contributed by atoms with Crippen molar-refractivity contribution in [3.63, 3.8) is 0 Å². The number of hydrazine groups is 1. The van der Waals surface area contributed by atoms with Gasteiger partial charge in [0.15, 0.2) is 11.5 Å². The molecule has 1 heterocycles. The quantitative estimate of drug-likeness (QED) is 0.546. The molecule has 1 rings (SSSR count). The third kappa shape index (κ3) is 4.14. The molecule has 7 heteroatoms. The van der Waals surface area contributed by atoms with Crippen LogP contribution in [0.2, 0.25) is 0 Å². The SMILES string of the molecule is CCC(CC)N(CCOC)C(=O)c1ccc(NN)nn1. The smallest absolute Gasteiger partial charge is 0.274 e. The molecule has 0 aliphatic rings. The van der Waals surface area contributed by atoms with Crippen molar-refractivity contribution >= 4 is 11.7 Å². The van der Waals surface area contributed by atoms with Crippen molar-refractivity contribution in [2.24, 2.45) is 5.84 Å². The fourth-order valence-electron chi connectivity index (χ4n) is 2.04. The lowest BCUT2D eigenvalue weighted by Gasteiger charge is -2.30. The first kappa shape index (κ1) is 16.3. The maximum atomic E-state index is 12.5. The predicted molar refractivity (Wildman–Crippen MR) is 77.1 cm³/mol. The molecular weight excluding hydrogens is 258 g/mol. The summed E-state index contributed by atoms with van der Waals surface area (Å²) >= 11 is 0. The third-order valence-electron chi connectivity index (χ3n) is 3.21. The van der Waals surface area contributed by atoms with Crippen LogP contribution < -0.4 is 11.3 Å².